The number of piperazine rings is 1. The minimum absolute atomic E-state index is 0.0595. The summed E-state index contributed by atoms with van der Waals surface area (Å²) in [5.41, 5.74) is 2.40. The minimum atomic E-state index is -3.68. The number of hydrogen-bond donors (Lipinski definition) is 0. The number of carbonyl (C=O) groups is 2. The standard InChI is InChI=1S/C23H28N2O5S/c1-17(2)20-6-4-19(5-7-20)16-30-23(27)21-8-10-22(11-9-21)31(28,29)25-14-12-24(13-15-25)18(3)26/h4-11,17H,12-16H2,1-3H3. The van der Waals surface area contributed by atoms with E-state index >= 15 is 0 Å². The van der Waals surface area contributed by atoms with E-state index in [-0.39, 0.29) is 30.5 Å². The molecule has 0 radical (unpaired) electrons. The lowest BCUT2D eigenvalue weighted by Gasteiger charge is -2.33. The van der Waals surface area contributed by atoms with E-state index in [9.17, 15) is 18.0 Å². The predicted octanol–water partition coefficient (Wildman–Crippen LogP) is 3.02. The molecule has 1 aliphatic heterocycles. The van der Waals surface area contributed by atoms with Crippen molar-refractivity contribution in [3.05, 3.63) is 65.2 Å². The molecule has 0 saturated carbocycles. The third-order valence-electron chi connectivity index (χ3n) is 5.43. The topological polar surface area (TPSA) is 84.0 Å². The van der Waals surface area contributed by atoms with Crippen LogP contribution in [0.25, 0.3) is 0 Å². The zero-order valence-electron chi connectivity index (χ0n) is 18.1. The Bertz CT molecular complexity index is 1020. The molecule has 1 amide bonds. The SMILES string of the molecule is CC(=O)N1CCN(S(=O)(=O)c2ccc(C(=O)OCc3ccc(C(C)C)cc3)cc2)CC1. The number of ether oxygens (including phenoxy) is 1. The van der Waals surface area contributed by atoms with Crippen LogP contribution in [0.2, 0.25) is 0 Å². The van der Waals surface area contributed by atoms with Gasteiger partial charge < -0.3 is 9.64 Å². The number of benzene rings is 2. The first kappa shape index (κ1) is 23.0. The smallest absolute Gasteiger partial charge is 0.338 e. The number of sulfonamides is 1. The van der Waals surface area contributed by atoms with Crippen molar-refractivity contribution in [2.75, 3.05) is 26.2 Å². The van der Waals surface area contributed by atoms with E-state index < -0.39 is 16.0 Å². The average Bonchev–Trinajstić information content (AvgIpc) is 2.77. The molecule has 0 atom stereocenters. The van der Waals surface area contributed by atoms with E-state index in [4.69, 9.17) is 4.74 Å². The number of amides is 1. The zero-order valence-corrected chi connectivity index (χ0v) is 18.9. The molecule has 166 valence electrons. The number of hydrogen-bond acceptors (Lipinski definition) is 5. The molecule has 8 heteroatoms. The van der Waals surface area contributed by atoms with Crippen LogP contribution in [0.5, 0.6) is 0 Å². The highest BCUT2D eigenvalue weighted by Gasteiger charge is 2.29. The Balaban J connectivity index is 1.60. The van der Waals surface area contributed by atoms with Crippen molar-refractivity contribution < 1.29 is 22.7 Å². The fourth-order valence-electron chi connectivity index (χ4n) is 3.39. The first-order valence-corrected chi connectivity index (χ1v) is 11.7. The van der Waals surface area contributed by atoms with Gasteiger partial charge in [0.1, 0.15) is 6.61 Å². The third kappa shape index (κ3) is 5.51. The number of rotatable bonds is 6. The summed E-state index contributed by atoms with van der Waals surface area (Å²) in [6, 6.07) is 13.7. The van der Waals surface area contributed by atoms with Gasteiger partial charge >= 0.3 is 5.97 Å². The van der Waals surface area contributed by atoms with Gasteiger partial charge in [0, 0.05) is 33.1 Å². The van der Waals surface area contributed by atoms with Crippen LogP contribution in [-0.4, -0.2) is 55.7 Å². The fourth-order valence-corrected chi connectivity index (χ4v) is 4.81. The quantitative estimate of drug-likeness (QED) is 0.640. The van der Waals surface area contributed by atoms with E-state index in [0.717, 1.165) is 5.56 Å². The van der Waals surface area contributed by atoms with Crippen molar-refractivity contribution >= 4 is 21.9 Å². The second-order valence-electron chi connectivity index (χ2n) is 7.91. The maximum absolute atomic E-state index is 12.8. The Morgan fingerprint density at radius 3 is 2.03 bits per heavy atom. The van der Waals surface area contributed by atoms with E-state index in [1.807, 2.05) is 24.3 Å². The Hall–Kier alpha value is -2.71. The minimum Gasteiger partial charge on any atom is -0.457 e. The molecule has 0 aromatic heterocycles. The molecule has 1 saturated heterocycles. The molecule has 0 unspecified atom stereocenters. The molecule has 0 aliphatic carbocycles. The van der Waals surface area contributed by atoms with Crippen molar-refractivity contribution in [1.29, 1.82) is 0 Å². The lowest BCUT2D eigenvalue weighted by molar-refractivity contribution is -0.129. The van der Waals surface area contributed by atoms with Crippen LogP contribution < -0.4 is 0 Å². The van der Waals surface area contributed by atoms with Crippen molar-refractivity contribution in [2.24, 2.45) is 0 Å². The molecule has 31 heavy (non-hydrogen) atoms. The molecule has 2 aromatic carbocycles. The summed E-state index contributed by atoms with van der Waals surface area (Å²) in [5.74, 6) is -0.132. The van der Waals surface area contributed by atoms with E-state index in [1.165, 1.54) is 41.1 Å². The number of carbonyl (C=O) groups excluding carboxylic acids is 2. The molecule has 1 fully saturated rings. The summed E-state index contributed by atoms with van der Waals surface area (Å²) in [4.78, 5) is 25.5. The van der Waals surface area contributed by atoms with E-state index in [1.54, 1.807) is 4.90 Å². The van der Waals surface area contributed by atoms with Gasteiger partial charge in [-0.2, -0.15) is 4.31 Å². The first-order valence-electron chi connectivity index (χ1n) is 10.3. The van der Waals surface area contributed by atoms with Crippen LogP contribution in [0.15, 0.2) is 53.4 Å². The largest absolute Gasteiger partial charge is 0.457 e. The van der Waals surface area contributed by atoms with Crippen LogP contribution in [0.3, 0.4) is 0 Å². The van der Waals surface area contributed by atoms with Gasteiger partial charge in [-0.25, -0.2) is 13.2 Å². The lowest BCUT2D eigenvalue weighted by atomic mass is 10.0. The van der Waals surface area contributed by atoms with Gasteiger partial charge in [0.25, 0.3) is 0 Å². The second kappa shape index (κ2) is 9.62. The summed E-state index contributed by atoms with van der Waals surface area (Å²) >= 11 is 0. The highest BCUT2D eigenvalue weighted by atomic mass is 32.2. The van der Waals surface area contributed by atoms with Gasteiger partial charge in [-0.05, 0) is 41.3 Å². The first-order chi connectivity index (χ1) is 14.7. The van der Waals surface area contributed by atoms with Gasteiger partial charge in [0.15, 0.2) is 0 Å². The zero-order chi connectivity index (χ0) is 22.6. The lowest BCUT2D eigenvalue weighted by Crippen LogP contribution is -2.49. The van der Waals surface area contributed by atoms with E-state index in [2.05, 4.69) is 13.8 Å². The predicted molar refractivity (Wildman–Crippen MR) is 117 cm³/mol. The fraction of sp³-hybridized carbons (Fsp3) is 0.391. The monoisotopic (exact) mass is 444 g/mol. The van der Waals surface area contributed by atoms with Gasteiger partial charge in [-0.3, -0.25) is 4.79 Å². The molecule has 0 spiro atoms. The Kier molecular flexibility index (Phi) is 7.12. The maximum atomic E-state index is 12.8. The Morgan fingerprint density at radius 1 is 0.935 bits per heavy atom. The number of esters is 1. The average molecular weight is 445 g/mol. The Morgan fingerprint density at radius 2 is 1.52 bits per heavy atom. The second-order valence-corrected chi connectivity index (χ2v) is 9.84. The molecule has 2 aromatic rings. The van der Waals surface area contributed by atoms with Crippen LogP contribution in [-0.2, 0) is 26.2 Å². The number of nitrogens with zero attached hydrogens (tertiary/aromatic N) is 2. The molecule has 0 N–H and O–H groups in total. The van der Waals surface area contributed by atoms with Crippen LogP contribution >= 0.6 is 0 Å². The highest BCUT2D eigenvalue weighted by molar-refractivity contribution is 7.89. The van der Waals surface area contributed by atoms with Crippen molar-refractivity contribution in [1.82, 2.24) is 9.21 Å². The molecule has 3 rings (SSSR count). The summed E-state index contributed by atoms with van der Waals surface area (Å²) in [5, 5.41) is 0. The summed E-state index contributed by atoms with van der Waals surface area (Å²) in [6.07, 6.45) is 0. The summed E-state index contributed by atoms with van der Waals surface area (Å²) in [7, 11) is -3.68. The molecule has 7 nitrogen and oxygen atoms in total. The van der Waals surface area contributed by atoms with Crippen LogP contribution in [0.4, 0.5) is 0 Å². The van der Waals surface area contributed by atoms with Crippen molar-refractivity contribution in [3.63, 3.8) is 0 Å². The van der Waals surface area contributed by atoms with Gasteiger partial charge in [-0.15, -0.1) is 0 Å². The van der Waals surface area contributed by atoms with E-state index in [0.29, 0.717) is 24.6 Å². The van der Waals surface area contributed by atoms with Crippen molar-refractivity contribution in [2.45, 2.75) is 38.2 Å². The molecule has 1 aliphatic rings. The summed E-state index contributed by atoms with van der Waals surface area (Å²) < 4.78 is 32.4. The van der Waals surface area contributed by atoms with Gasteiger partial charge in [0.2, 0.25) is 15.9 Å². The molecular formula is C23H28N2O5S. The highest BCUT2D eigenvalue weighted by Crippen LogP contribution is 2.19. The van der Waals surface area contributed by atoms with Crippen molar-refractivity contribution in [3.8, 4) is 0 Å². The normalized spacial score (nSPS) is 15.2. The Labute approximate surface area is 183 Å². The van der Waals surface area contributed by atoms with Gasteiger partial charge in [0.05, 0.1) is 10.5 Å². The van der Waals surface area contributed by atoms with Crippen LogP contribution in [0, 0.1) is 0 Å². The third-order valence-corrected chi connectivity index (χ3v) is 7.34. The maximum Gasteiger partial charge on any atom is 0.338 e. The molecule has 0 bridgehead atoms. The molecule has 1 heterocycles. The van der Waals surface area contributed by atoms with Crippen LogP contribution in [0.1, 0.15) is 48.2 Å². The summed E-state index contributed by atoms with van der Waals surface area (Å²) in [6.45, 7) is 7.10. The van der Waals surface area contributed by atoms with Gasteiger partial charge in [-0.1, -0.05) is 38.1 Å². The molecular weight excluding hydrogens is 416 g/mol.